The SMILES string of the molecule is Cc1ccc(N2CC(CNC(=O)C(=O)c3c[nH]c4ccccc34)CC2=O)cc1. The van der Waals surface area contributed by atoms with E-state index in [4.69, 9.17) is 0 Å². The molecule has 2 aromatic carbocycles. The van der Waals surface area contributed by atoms with Crippen LogP contribution in [0.3, 0.4) is 0 Å². The number of carbonyl (C=O) groups excluding carboxylic acids is 3. The molecule has 2 N–H and O–H groups in total. The van der Waals surface area contributed by atoms with E-state index in [9.17, 15) is 14.4 Å². The second-order valence-electron chi connectivity index (χ2n) is 7.20. The van der Waals surface area contributed by atoms with E-state index < -0.39 is 11.7 Å². The summed E-state index contributed by atoms with van der Waals surface area (Å²) < 4.78 is 0. The van der Waals surface area contributed by atoms with Crippen LogP contribution in [0.2, 0.25) is 0 Å². The lowest BCUT2D eigenvalue weighted by Gasteiger charge is -2.17. The summed E-state index contributed by atoms with van der Waals surface area (Å²) in [5.41, 5.74) is 3.17. The number of aromatic nitrogens is 1. The van der Waals surface area contributed by atoms with Gasteiger partial charge in [0.25, 0.3) is 11.7 Å². The Bertz CT molecular complexity index is 1050. The van der Waals surface area contributed by atoms with Crippen LogP contribution in [0.15, 0.2) is 54.7 Å². The molecule has 0 bridgehead atoms. The van der Waals surface area contributed by atoms with E-state index in [0.717, 1.165) is 22.2 Å². The molecule has 2 amide bonds. The van der Waals surface area contributed by atoms with Crippen LogP contribution in [0.25, 0.3) is 10.9 Å². The van der Waals surface area contributed by atoms with Gasteiger partial charge in [0, 0.05) is 48.2 Å². The summed E-state index contributed by atoms with van der Waals surface area (Å²) in [6, 6.07) is 15.1. The summed E-state index contributed by atoms with van der Waals surface area (Å²) >= 11 is 0. The van der Waals surface area contributed by atoms with Gasteiger partial charge in [-0.05, 0) is 25.1 Å². The van der Waals surface area contributed by atoms with Crippen molar-refractivity contribution in [3.63, 3.8) is 0 Å². The number of hydrogen-bond donors (Lipinski definition) is 2. The number of amides is 2. The Morgan fingerprint density at radius 1 is 1.14 bits per heavy atom. The first-order valence-electron chi connectivity index (χ1n) is 9.28. The number of nitrogens with zero attached hydrogens (tertiary/aromatic N) is 1. The van der Waals surface area contributed by atoms with Gasteiger partial charge in [0.15, 0.2) is 0 Å². The summed E-state index contributed by atoms with van der Waals surface area (Å²) in [4.78, 5) is 41.9. The average Bonchev–Trinajstić information content (AvgIpc) is 3.29. The van der Waals surface area contributed by atoms with Gasteiger partial charge in [-0.3, -0.25) is 14.4 Å². The lowest BCUT2D eigenvalue weighted by molar-refractivity contribution is -0.118. The fraction of sp³-hybridized carbons (Fsp3) is 0.227. The third-order valence-corrected chi connectivity index (χ3v) is 5.14. The van der Waals surface area contributed by atoms with Crippen molar-refractivity contribution >= 4 is 34.2 Å². The van der Waals surface area contributed by atoms with Gasteiger partial charge in [-0.25, -0.2) is 0 Å². The van der Waals surface area contributed by atoms with Crippen LogP contribution in [0.1, 0.15) is 22.3 Å². The molecule has 1 saturated heterocycles. The number of ketones is 1. The third kappa shape index (κ3) is 3.41. The van der Waals surface area contributed by atoms with E-state index in [1.165, 1.54) is 0 Å². The summed E-state index contributed by atoms with van der Waals surface area (Å²) in [7, 11) is 0. The van der Waals surface area contributed by atoms with Gasteiger partial charge in [0.2, 0.25) is 5.91 Å². The Hall–Kier alpha value is -3.41. The number of aryl methyl sites for hydroxylation is 1. The second-order valence-corrected chi connectivity index (χ2v) is 7.20. The Kier molecular flexibility index (Phi) is 4.69. The van der Waals surface area contributed by atoms with Crippen LogP contribution in [-0.2, 0) is 9.59 Å². The number of carbonyl (C=O) groups is 3. The van der Waals surface area contributed by atoms with Crippen molar-refractivity contribution in [3.8, 4) is 0 Å². The second kappa shape index (κ2) is 7.31. The quantitative estimate of drug-likeness (QED) is 0.531. The number of hydrogen-bond acceptors (Lipinski definition) is 3. The number of nitrogens with one attached hydrogen (secondary N) is 2. The molecule has 4 rings (SSSR count). The smallest absolute Gasteiger partial charge is 0.292 e. The summed E-state index contributed by atoms with van der Waals surface area (Å²) in [6.07, 6.45) is 1.92. The van der Waals surface area contributed by atoms with E-state index in [2.05, 4.69) is 10.3 Å². The molecule has 1 atom stereocenters. The molecule has 0 aliphatic carbocycles. The van der Waals surface area contributed by atoms with Gasteiger partial charge < -0.3 is 15.2 Å². The zero-order valence-corrected chi connectivity index (χ0v) is 15.6. The number of rotatable bonds is 5. The summed E-state index contributed by atoms with van der Waals surface area (Å²) in [6.45, 7) is 2.82. The molecular weight excluding hydrogens is 354 g/mol. The fourth-order valence-corrected chi connectivity index (χ4v) is 3.59. The van der Waals surface area contributed by atoms with Crippen molar-refractivity contribution in [2.24, 2.45) is 5.92 Å². The van der Waals surface area contributed by atoms with Gasteiger partial charge in [-0.1, -0.05) is 35.9 Å². The number of fused-ring (bicyclic) bond motifs is 1. The number of anilines is 1. The maximum Gasteiger partial charge on any atom is 0.292 e. The van der Waals surface area contributed by atoms with E-state index in [1.54, 1.807) is 17.2 Å². The highest BCUT2D eigenvalue weighted by molar-refractivity contribution is 6.44. The van der Waals surface area contributed by atoms with E-state index in [1.807, 2.05) is 49.4 Å². The molecule has 142 valence electrons. The van der Waals surface area contributed by atoms with Crippen LogP contribution in [-0.4, -0.2) is 35.7 Å². The fourth-order valence-electron chi connectivity index (χ4n) is 3.59. The molecule has 1 fully saturated rings. The minimum atomic E-state index is -0.647. The first kappa shape index (κ1) is 18.0. The standard InChI is InChI=1S/C22H21N3O3/c1-14-6-8-16(9-7-14)25-13-15(10-20(25)26)11-24-22(28)21(27)18-12-23-19-5-3-2-4-17(18)19/h2-9,12,15,23H,10-11,13H2,1H3,(H,24,28). The lowest BCUT2D eigenvalue weighted by Crippen LogP contribution is -2.35. The molecule has 3 aromatic rings. The Balaban J connectivity index is 1.38. The van der Waals surface area contributed by atoms with Crippen molar-refractivity contribution in [1.82, 2.24) is 10.3 Å². The van der Waals surface area contributed by atoms with E-state index in [0.29, 0.717) is 25.1 Å². The molecule has 0 spiro atoms. The number of Topliss-reactive ketones (excluding diaryl/α,β-unsaturated/α-hetero) is 1. The third-order valence-electron chi connectivity index (χ3n) is 5.14. The van der Waals surface area contributed by atoms with Crippen LogP contribution < -0.4 is 10.2 Å². The number of para-hydroxylation sites is 1. The Morgan fingerprint density at radius 2 is 1.89 bits per heavy atom. The molecule has 1 unspecified atom stereocenters. The molecule has 2 heterocycles. The van der Waals surface area contributed by atoms with Crippen LogP contribution >= 0.6 is 0 Å². The highest BCUT2D eigenvalue weighted by Crippen LogP contribution is 2.25. The van der Waals surface area contributed by atoms with Gasteiger partial charge in [0.05, 0.1) is 5.56 Å². The van der Waals surface area contributed by atoms with Crippen LogP contribution in [0.4, 0.5) is 5.69 Å². The van der Waals surface area contributed by atoms with Gasteiger partial charge in [-0.2, -0.15) is 0 Å². The molecule has 1 aliphatic heterocycles. The molecule has 6 nitrogen and oxygen atoms in total. The number of H-pyrrole nitrogens is 1. The Labute approximate surface area is 162 Å². The largest absolute Gasteiger partial charge is 0.360 e. The zero-order chi connectivity index (χ0) is 19.7. The molecule has 1 aliphatic rings. The highest BCUT2D eigenvalue weighted by atomic mass is 16.2. The molecule has 6 heteroatoms. The van der Waals surface area contributed by atoms with Crippen LogP contribution in [0, 0.1) is 12.8 Å². The predicted molar refractivity (Wildman–Crippen MR) is 107 cm³/mol. The topological polar surface area (TPSA) is 82.3 Å². The molecule has 28 heavy (non-hydrogen) atoms. The number of aromatic amines is 1. The molecule has 0 saturated carbocycles. The molecular formula is C22H21N3O3. The maximum absolute atomic E-state index is 12.5. The first-order chi connectivity index (χ1) is 13.5. The van der Waals surface area contributed by atoms with E-state index >= 15 is 0 Å². The highest BCUT2D eigenvalue weighted by Gasteiger charge is 2.31. The normalized spacial score (nSPS) is 16.5. The van der Waals surface area contributed by atoms with Crippen molar-refractivity contribution in [2.45, 2.75) is 13.3 Å². The average molecular weight is 375 g/mol. The predicted octanol–water partition coefficient (Wildman–Crippen LogP) is 2.83. The monoisotopic (exact) mass is 375 g/mol. The minimum Gasteiger partial charge on any atom is -0.360 e. The Morgan fingerprint density at radius 3 is 2.68 bits per heavy atom. The molecule has 1 aromatic heterocycles. The first-order valence-corrected chi connectivity index (χ1v) is 9.28. The van der Waals surface area contributed by atoms with Crippen molar-refractivity contribution in [3.05, 3.63) is 65.9 Å². The maximum atomic E-state index is 12.5. The van der Waals surface area contributed by atoms with Crippen molar-refractivity contribution in [1.29, 1.82) is 0 Å². The summed E-state index contributed by atoms with van der Waals surface area (Å²) in [5, 5.41) is 3.42. The van der Waals surface area contributed by atoms with Gasteiger partial charge in [-0.15, -0.1) is 0 Å². The van der Waals surface area contributed by atoms with Crippen molar-refractivity contribution in [2.75, 3.05) is 18.0 Å². The van der Waals surface area contributed by atoms with Crippen molar-refractivity contribution < 1.29 is 14.4 Å². The number of benzene rings is 2. The summed E-state index contributed by atoms with van der Waals surface area (Å²) in [5.74, 6) is -1.21. The lowest BCUT2D eigenvalue weighted by atomic mass is 10.1. The van der Waals surface area contributed by atoms with Gasteiger partial charge in [0.1, 0.15) is 0 Å². The zero-order valence-electron chi connectivity index (χ0n) is 15.6. The van der Waals surface area contributed by atoms with Crippen LogP contribution in [0.5, 0.6) is 0 Å². The van der Waals surface area contributed by atoms with E-state index in [-0.39, 0.29) is 11.8 Å². The van der Waals surface area contributed by atoms with Gasteiger partial charge >= 0.3 is 0 Å². The molecule has 0 radical (unpaired) electrons. The minimum absolute atomic E-state index is 0.0199.